The monoisotopic (exact) mass is 271 g/mol. The highest BCUT2D eigenvalue weighted by atomic mass is 32.2. The number of nitrogens with one attached hydrogen (secondary N) is 1. The van der Waals surface area contributed by atoms with Crippen LogP contribution in [-0.2, 0) is 21.4 Å². The Morgan fingerprint density at radius 1 is 1.28 bits per heavy atom. The van der Waals surface area contributed by atoms with Gasteiger partial charge in [0, 0.05) is 19.3 Å². The molecule has 1 fully saturated rings. The largest absolute Gasteiger partial charge is 0.392 e. The number of hydrogen-bond donors (Lipinski definition) is 2. The third-order valence-electron chi connectivity index (χ3n) is 2.98. The lowest BCUT2D eigenvalue weighted by Crippen LogP contribution is -2.39. The molecule has 6 heteroatoms. The molecule has 0 atom stereocenters. The van der Waals surface area contributed by atoms with Crippen LogP contribution in [0.15, 0.2) is 29.2 Å². The molecule has 0 bridgehead atoms. The topological polar surface area (TPSA) is 75.6 Å². The third kappa shape index (κ3) is 3.08. The van der Waals surface area contributed by atoms with Gasteiger partial charge in [-0.2, -0.15) is 0 Å². The molecule has 0 spiro atoms. The van der Waals surface area contributed by atoms with Crippen molar-refractivity contribution in [3.8, 4) is 0 Å². The number of hydrogen-bond acceptors (Lipinski definition) is 4. The quantitative estimate of drug-likeness (QED) is 0.842. The van der Waals surface area contributed by atoms with Gasteiger partial charge in [0.15, 0.2) is 0 Å². The molecule has 0 aliphatic carbocycles. The molecule has 0 radical (unpaired) electrons. The molecule has 1 aromatic rings. The van der Waals surface area contributed by atoms with Gasteiger partial charge in [0.2, 0.25) is 10.0 Å². The molecule has 18 heavy (non-hydrogen) atoms. The summed E-state index contributed by atoms with van der Waals surface area (Å²) in [5.41, 5.74) is 0.414. The third-order valence-corrected chi connectivity index (χ3v) is 4.60. The molecule has 2 N–H and O–H groups in total. The zero-order valence-corrected chi connectivity index (χ0v) is 10.8. The van der Waals surface area contributed by atoms with E-state index in [1.54, 1.807) is 18.2 Å². The fourth-order valence-corrected chi connectivity index (χ4v) is 3.53. The molecular formula is C12H17NO4S. The predicted octanol–water partition coefficient (Wildman–Crippen LogP) is 0.636. The van der Waals surface area contributed by atoms with Gasteiger partial charge in [-0.1, -0.05) is 18.2 Å². The van der Waals surface area contributed by atoms with Crippen molar-refractivity contribution in [3.05, 3.63) is 29.8 Å². The lowest BCUT2D eigenvalue weighted by atomic mass is 10.1. The molecule has 1 saturated heterocycles. The Bertz CT molecular complexity index is 495. The first-order valence-corrected chi connectivity index (χ1v) is 7.40. The van der Waals surface area contributed by atoms with E-state index in [-0.39, 0.29) is 17.5 Å². The smallest absolute Gasteiger partial charge is 0.241 e. The summed E-state index contributed by atoms with van der Waals surface area (Å²) < 4.78 is 32.3. The molecule has 1 aliphatic heterocycles. The van der Waals surface area contributed by atoms with E-state index in [0.29, 0.717) is 31.6 Å². The standard InChI is InChI=1S/C12H17NO4S/c14-9-10-3-1-2-4-12(10)18(15,16)13-11-5-7-17-8-6-11/h1-4,11,13-14H,5-9H2. The normalized spacial score (nSPS) is 17.8. The maximum atomic E-state index is 12.2. The minimum absolute atomic E-state index is 0.0875. The second-order valence-electron chi connectivity index (χ2n) is 4.27. The maximum Gasteiger partial charge on any atom is 0.241 e. The SMILES string of the molecule is O=S(=O)(NC1CCOCC1)c1ccccc1CO. The van der Waals surface area contributed by atoms with E-state index >= 15 is 0 Å². The first-order valence-electron chi connectivity index (χ1n) is 5.92. The van der Waals surface area contributed by atoms with E-state index in [1.165, 1.54) is 6.07 Å². The molecule has 1 aliphatic rings. The Balaban J connectivity index is 2.19. The summed E-state index contributed by atoms with van der Waals surface area (Å²) in [6, 6.07) is 6.39. The first-order chi connectivity index (χ1) is 8.63. The Morgan fingerprint density at radius 3 is 2.61 bits per heavy atom. The molecule has 0 aromatic heterocycles. The zero-order valence-electron chi connectivity index (χ0n) is 10.0. The van der Waals surface area contributed by atoms with Crippen molar-refractivity contribution < 1.29 is 18.3 Å². The van der Waals surface area contributed by atoms with Gasteiger partial charge in [-0.15, -0.1) is 0 Å². The van der Waals surface area contributed by atoms with Gasteiger partial charge in [0.05, 0.1) is 11.5 Å². The van der Waals surface area contributed by atoms with Crippen LogP contribution >= 0.6 is 0 Å². The number of benzene rings is 1. The van der Waals surface area contributed by atoms with Crippen molar-refractivity contribution in [2.45, 2.75) is 30.4 Å². The molecular weight excluding hydrogens is 254 g/mol. The second-order valence-corrected chi connectivity index (χ2v) is 5.96. The maximum absolute atomic E-state index is 12.2. The van der Waals surface area contributed by atoms with Crippen LogP contribution in [0.2, 0.25) is 0 Å². The molecule has 0 saturated carbocycles. The van der Waals surface area contributed by atoms with Crippen LogP contribution in [0.5, 0.6) is 0 Å². The summed E-state index contributed by atoms with van der Waals surface area (Å²) in [5, 5.41) is 9.18. The fraction of sp³-hybridized carbons (Fsp3) is 0.500. The summed E-state index contributed by atoms with van der Waals surface area (Å²) in [6.45, 7) is 0.870. The van der Waals surface area contributed by atoms with Gasteiger partial charge in [0.25, 0.3) is 0 Å². The average molecular weight is 271 g/mol. The summed E-state index contributed by atoms with van der Waals surface area (Å²) in [6.07, 6.45) is 1.36. The van der Waals surface area contributed by atoms with E-state index in [0.717, 1.165) is 0 Å². The number of rotatable bonds is 4. The Morgan fingerprint density at radius 2 is 1.94 bits per heavy atom. The highest BCUT2D eigenvalue weighted by molar-refractivity contribution is 7.89. The van der Waals surface area contributed by atoms with Crippen LogP contribution in [0.3, 0.4) is 0 Å². The number of aliphatic hydroxyl groups is 1. The number of sulfonamides is 1. The molecule has 0 unspecified atom stereocenters. The van der Waals surface area contributed by atoms with Crippen LogP contribution in [0.1, 0.15) is 18.4 Å². The molecule has 5 nitrogen and oxygen atoms in total. The van der Waals surface area contributed by atoms with Crippen molar-refractivity contribution in [3.63, 3.8) is 0 Å². The average Bonchev–Trinajstić information content (AvgIpc) is 2.39. The van der Waals surface area contributed by atoms with Crippen molar-refractivity contribution >= 4 is 10.0 Å². The highest BCUT2D eigenvalue weighted by Crippen LogP contribution is 2.17. The number of ether oxygens (including phenoxy) is 1. The van der Waals surface area contributed by atoms with Crippen molar-refractivity contribution in [1.82, 2.24) is 4.72 Å². The Hall–Kier alpha value is -0.950. The van der Waals surface area contributed by atoms with Gasteiger partial charge < -0.3 is 9.84 Å². The van der Waals surface area contributed by atoms with Crippen LogP contribution in [0, 0.1) is 0 Å². The molecule has 1 aromatic carbocycles. The second kappa shape index (κ2) is 5.79. The molecule has 100 valence electrons. The Kier molecular flexibility index (Phi) is 4.34. The molecule has 0 amide bonds. The fourth-order valence-electron chi connectivity index (χ4n) is 1.99. The van der Waals surface area contributed by atoms with Crippen LogP contribution in [0.4, 0.5) is 0 Å². The van der Waals surface area contributed by atoms with E-state index in [1.807, 2.05) is 0 Å². The van der Waals surface area contributed by atoms with Crippen LogP contribution in [-0.4, -0.2) is 32.8 Å². The molecule has 2 rings (SSSR count). The van der Waals surface area contributed by atoms with Gasteiger partial charge in [0.1, 0.15) is 0 Å². The molecule has 1 heterocycles. The minimum atomic E-state index is -3.57. The van der Waals surface area contributed by atoms with Gasteiger partial charge >= 0.3 is 0 Å². The van der Waals surface area contributed by atoms with Gasteiger partial charge in [-0.3, -0.25) is 0 Å². The summed E-state index contributed by atoms with van der Waals surface area (Å²) in [4.78, 5) is 0.152. The lowest BCUT2D eigenvalue weighted by molar-refractivity contribution is 0.0832. The summed E-state index contributed by atoms with van der Waals surface area (Å²) >= 11 is 0. The van der Waals surface area contributed by atoms with E-state index in [4.69, 9.17) is 4.74 Å². The van der Waals surface area contributed by atoms with Gasteiger partial charge in [-0.25, -0.2) is 13.1 Å². The lowest BCUT2D eigenvalue weighted by Gasteiger charge is -2.23. The number of aliphatic hydroxyl groups excluding tert-OH is 1. The van der Waals surface area contributed by atoms with Crippen LogP contribution in [0.25, 0.3) is 0 Å². The first kappa shape index (κ1) is 13.5. The summed E-state index contributed by atoms with van der Waals surface area (Å²) in [5.74, 6) is 0. The van der Waals surface area contributed by atoms with E-state index < -0.39 is 10.0 Å². The van der Waals surface area contributed by atoms with Crippen molar-refractivity contribution in [1.29, 1.82) is 0 Å². The summed E-state index contributed by atoms with van der Waals surface area (Å²) in [7, 11) is -3.57. The van der Waals surface area contributed by atoms with Crippen molar-refractivity contribution in [2.24, 2.45) is 0 Å². The highest BCUT2D eigenvalue weighted by Gasteiger charge is 2.23. The minimum Gasteiger partial charge on any atom is -0.392 e. The zero-order chi connectivity index (χ0) is 13.0. The van der Waals surface area contributed by atoms with Crippen molar-refractivity contribution in [2.75, 3.05) is 13.2 Å². The van der Waals surface area contributed by atoms with Crippen LogP contribution < -0.4 is 4.72 Å². The van der Waals surface area contributed by atoms with E-state index in [2.05, 4.69) is 4.72 Å². The predicted molar refractivity (Wildman–Crippen MR) is 66.5 cm³/mol. The van der Waals surface area contributed by atoms with E-state index in [9.17, 15) is 13.5 Å². The Labute approximate surface area is 107 Å². The van der Waals surface area contributed by atoms with Gasteiger partial charge in [-0.05, 0) is 24.5 Å².